The van der Waals surface area contributed by atoms with Crippen molar-refractivity contribution in [2.45, 2.75) is 39.2 Å². The molecule has 118 valence electrons. The van der Waals surface area contributed by atoms with Crippen LogP contribution in [0.1, 0.15) is 48.1 Å². The van der Waals surface area contributed by atoms with Gasteiger partial charge in [0.2, 0.25) is 0 Å². The van der Waals surface area contributed by atoms with E-state index in [2.05, 4.69) is 31.1 Å². The molecule has 5 heteroatoms. The largest absolute Gasteiger partial charge is 0.465 e. The number of likely N-dealkylation sites (N-methyl/N-ethyl adjacent to an activating group) is 1. The molecule has 2 heterocycles. The zero-order valence-electron chi connectivity index (χ0n) is 13.4. The molecular formula is C16H26N2O3. The summed E-state index contributed by atoms with van der Waals surface area (Å²) in [6, 6.07) is 1.85. The van der Waals surface area contributed by atoms with Crippen molar-refractivity contribution in [1.82, 2.24) is 10.2 Å². The zero-order chi connectivity index (χ0) is 15.4. The van der Waals surface area contributed by atoms with Crippen molar-refractivity contribution in [1.29, 1.82) is 0 Å². The molecule has 0 radical (unpaired) electrons. The third kappa shape index (κ3) is 4.32. The topological polar surface area (TPSA) is 54.7 Å². The van der Waals surface area contributed by atoms with E-state index >= 15 is 0 Å². The quantitative estimate of drug-likeness (QED) is 0.904. The van der Waals surface area contributed by atoms with Crippen LogP contribution in [0.25, 0.3) is 0 Å². The van der Waals surface area contributed by atoms with Gasteiger partial charge < -0.3 is 19.4 Å². The minimum Gasteiger partial charge on any atom is -0.465 e. The molecule has 2 rings (SSSR count). The van der Waals surface area contributed by atoms with E-state index in [1.165, 1.54) is 0 Å². The van der Waals surface area contributed by atoms with Gasteiger partial charge >= 0.3 is 0 Å². The Bertz CT molecular complexity index is 482. The first-order chi connectivity index (χ1) is 9.97. The molecule has 1 amide bonds. The predicted octanol–water partition coefficient (Wildman–Crippen LogP) is 2.16. The average Bonchev–Trinajstić information content (AvgIpc) is 2.81. The van der Waals surface area contributed by atoms with Gasteiger partial charge in [0.15, 0.2) is 0 Å². The summed E-state index contributed by atoms with van der Waals surface area (Å²) in [5.41, 5.74) is 0.639. The Kier molecular flexibility index (Phi) is 5.42. The average molecular weight is 294 g/mol. The first-order valence-corrected chi connectivity index (χ1v) is 7.66. The maximum atomic E-state index is 12.2. The highest BCUT2D eigenvalue weighted by molar-refractivity contribution is 5.95. The second kappa shape index (κ2) is 7.09. The van der Waals surface area contributed by atoms with E-state index in [0.29, 0.717) is 17.9 Å². The zero-order valence-corrected chi connectivity index (χ0v) is 13.4. The summed E-state index contributed by atoms with van der Waals surface area (Å²) in [5.74, 6) is 1.77. The molecule has 0 aliphatic carbocycles. The Labute approximate surface area is 126 Å². The van der Waals surface area contributed by atoms with Gasteiger partial charge in [0.05, 0.1) is 18.3 Å². The van der Waals surface area contributed by atoms with Crippen molar-refractivity contribution < 1.29 is 13.9 Å². The van der Waals surface area contributed by atoms with Crippen molar-refractivity contribution in [3.63, 3.8) is 0 Å². The lowest BCUT2D eigenvalue weighted by Crippen LogP contribution is -2.41. The summed E-state index contributed by atoms with van der Waals surface area (Å²) >= 11 is 0. The molecule has 1 fully saturated rings. The number of aryl methyl sites for hydroxylation is 1. The molecular weight excluding hydrogens is 268 g/mol. The highest BCUT2D eigenvalue weighted by atomic mass is 16.5. The van der Waals surface area contributed by atoms with Gasteiger partial charge in [-0.1, -0.05) is 13.8 Å². The lowest BCUT2D eigenvalue weighted by Gasteiger charge is -2.30. The Balaban J connectivity index is 1.81. The first-order valence-electron chi connectivity index (χ1n) is 7.66. The van der Waals surface area contributed by atoms with Gasteiger partial charge in [0.25, 0.3) is 5.91 Å². The lowest BCUT2D eigenvalue weighted by molar-refractivity contribution is -0.0226. The van der Waals surface area contributed by atoms with Crippen LogP contribution in [-0.2, 0) is 4.74 Å². The van der Waals surface area contributed by atoms with E-state index in [4.69, 9.17) is 9.15 Å². The fourth-order valence-corrected chi connectivity index (χ4v) is 2.50. The van der Waals surface area contributed by atoms with Gasteiger partial charge in [-0.25, -0.2) is 0 Å². The molecule has 1 atom stereocenters. The minimum absolute atomic E-state index is 0.0627. The van der Waals surface area contributed by atoms with Gasteiger partial charge in [-0.05, 0) is 26.5 Å². The van der Waals surface area contributed by atoms with Crippen LogP contribution in [0.4, 0.5) is 0 Å². The molecule has 1 N–H and O–H groups in total. The van der Waals surface area contributed by atoms with Crippen molar-refractivity contribution >= 4 is 5.91 Å². The van der Waals surface area contributed by atoms with Gasteiger partial charge in [0.1, 0.15) is 11.5 Å². The number of amides is 1. The van der Waals surface area contributed by atoms with Gasteiger partial charge in [-0.15, -0.1) is 0 Å². The second-order valence-electron chi connectivity index (χ2n) is 6.07. The standard InChI is InChI=1S/C16H26N2O3/c1-11(2)15-9-14(12(3)21-15)16(19)17-6-5-13-10-18(4)7-8-20-13/h9,11,13H,5-8,10H2,1-4H3,(H,17,19)/t13-/m0/s1. The Hall–Kier alpha value is -1.33. The predicted molar refractivity (Wildman–Crippen MR) is 81.7 cm³/mol. The number of morpholine rings is 1. The molecule has 0 spiro atoms. The number of hydrogen-bond acceptors (Lipinski definition) is 4. The van der Waals surface area contributed by atoms with Crippen LogP contribution in [0.5, 0.6) is 0 Å². The molecule has 0 bridgehead atoms. The van der Waals surface area contributed by atoms with Crippen LogP contribution in [0.3, 0.4) is 0 Å². The van der Waals surface area contributed by atoms with Crippen LogP contribution in [0.15, 0.2) is 10.5 Å². The fraction of sp³-hybridized carbons (Fsp3) is 0.688. The van der Waals surface area contributed by atoms with Gasteiger partial charge in [-0.3, -0.25) is 4.79 Å². The highest BCUT2D eigenvalue weighted by Gasteiger charge is 2.19. The van der Waals surface area contributed by atoms with Crippen LogP contribution >= 0.6 is 0 Å². The summed E-state index contributed by atoms with van der Waals surface area (Å²) in [7, 11) is 2.09. The number of rotatable bonds is 5. The van der Waals surface area contributed by atoms with Crippen LogP contribution in [0, 0.1) is 6.92 Å². The molecule has 5 nitrogen and oxygen atoms in total. The third-order valence-corrected chi connectivity index (χ3v) is 3.84. The molecule has 0 unspecified atom stereocenters. The number of ether oxygens (including phenoxy) is 1. The van der Waals surface area contributed by atoms with E-state index < -0.39 is 0 Å². The summed E-state index contributed by atoms with van der Waals surface area (Å²) in [6.45, 7) is 9.24. The lowest BCUT2D eigenvalue weighted by atomic mass is 10.1. The first kappa shape index (κ1) is 16.0. The smallest absolute Gasteiger partial charge is 0.254 e. The molecule has 1 saturated heterocycles. The summed E-state index contributed by atoms with van der Waals surface area (Å²) in [5, 5.41) is 2.96. The number of furan rings is 1. The van der Waals surface area contributed by atoms with E-state index in [1.807, 2.05) is 13.0 Å². The second-order valence-corrected chi connectivity index (χ2v) is 6.07. The van der Waals surface area contributed by atoms with Gasteiger partial charge in [0, 0.05) is 25.6 Å². The Morgan fingerprint density at radius 3 is 2.90 bits per heavy atom. The van der Waals surface area contributed by atoms with Crippen LogP contribution in [-0.4, -0.2) is 50.2 Å². The molecule has 21 heavy (non-hydrogen) atoms. The van der Waals surface area contributed by atoms with Crippen molar-refractivity contribution in [2.24, 2.45) is 0 Å². The summed E-state index contributed by atoms with van der Waals surface area (Å²) in [6.07, 6.45) is 1.05. The van der Waals surface area contributed by atoms with E-state index in [-0.39, 0.29) is 17.9 Å². The SMILES string of the molecule is Cc1oc(C(C)C)cc1C(=O)NCC[C@H]1CN(C)CCO1. The Morgan fingerprint density at radius 2 is 2.29 bits per heavy atom. The normalized spacial score (nSPS) is 20.0. The number of carbonyl (C=O) groups excluding carboxylic acids is 1. The fourth-order valence-electron chi connectivity index (χ4n) is 2.50. The summed E-state index contributed by atoms with van der Waals surface area (Å²) in [4.78, 5) is 14.4. The minimum atomic E-state index is -0.0627. The number of hydrogen-bond donors (Lipinski definition) is 1. The van der Waals surface area contributed by atoms with E-state index in [0.717, 1.165) is 31.9 Å². The number of nitrogens with zero attached hydrogens (tertiary/aromatic N) is 1. The molecule has 1 aromatic rings. The molecule has 0 saturated carbocycles. The third-order valence-electron chi connectivity index (χ3n) is 3.84. The van der Waals surface area contributed by atoms with Crippen LogP contribution < -0.4 is 5.32 Å². The Morgan fingerprint density at radius 1 is 1.52 bits per heavy atom. The van der Waals surface area contributed by atoms with Crippen molar-refractivity contribution in [2.75, 3.05) is 33.3 Å². The number of nitrogens with one attached hydrogen (secondary N) is 1. The molecule has 1 aromatic heterocycles. The monoisotopic (exact) mass is 294 g/mol. The maximum absolute atomic E-state index is 12.2. The van der Waals surface area contributed by atoms with E-state index in [9.17, 15) is 4.79 Å². The maximum Gasteiger partial charge on any atom is 0.254 e. The van der Waals surface area contributed by atoms with Crippen molar-refractivity contribution in [3.8, 4) is 0 Å². The van der Waals surface area contributed by atoms with Gasteiger partial charge in [-0.2, -0.15) is 0 Å². The number of carbonyl (C=O) groups is 1. The van der Waals surface area contributed by atoms with E-state index in [1.54, 1.807) is 0 Å². The van der Waals surface area contributed by atoms with Crippen LogP contribution in [0.2, 0.25) is 0 Å². The molecule has 0 aromatic carbocycles. The molecule has 1 aliphatic rings. The summed E-state index contributed by atoms with van der Waals surface area (Å²) < 4.78 is 11.3. The van der Waals surface area contributed by atoms with Crippen molar-refractivity contribution in [3.05, 3.63) is 23.2 Å². The molecule has 1 aliphatic heterocycles. The highest BCUT2D eigenvalue weighted by Crippen LogP contribution is 2.21.